The second-order valence-corrected chi connectivity index (χ2v) is 4.83. The summed E-state index contributed by atoms with van der Waals surface area (Å²) in [5.74, 6) is 1.79. The van der Waals surface area contributed by atoms with Crippen LogP contribution in [0.25, 0.3) is 0 Å². The largest absolute Gasteiger partial charge is 0.494 e. The number of carbonyl (C=O) groups excluding carboxylic acids is 1. The SMILES string of the molecule is CCOc1cccc(C(=O)Nc2cc(OC)c(OC)c(OC)c2)c1. The quantitative estimate of drug-likeness (QED) is 0.843. The molecule has 0 saturated heterocycles. The van der Waals surface area contributed by atoms with E-state index >= 15 is 0 Å². The first-order valence-electron chi connectivity index (χ1n) is 7.47. The van der Waals surface area contributed by atoms with Crippen molar-refractivity contribution >= 4 is 11.6 Å². The zero-order valence-corrected chi connectivity index (χ0v) is 14.2. The number of ether oxygens (including phenoxy) is 4. The van der Waals surface area contributed by atoms with E-state index in [0.29, 0.717) is 40.9 Å². The summed E-state index contributed by atoms with van der Waals surface area (Å²) >= 11 is 0. The Hall–Kier alpha value is -2.89. The highest BCUT2D eigenvalue weighted by atomic mass is 16.5. The first kappa shape index (κ1) is 17.5. The van der Waals surface area contributed by atoms with Crippen LogP contribution in [0, 0.1) is 0 Å². The molecule has 2 aromatic carbocycles. The molecular formula is C18H21NO5. The topological polar surface area (TPSA) is 66.0 Å². The standard InChI is InChI=1S/C18H21NO5/c1-5-24-14-8-6-7-12(9-14)18(20)19-13-10-15(21-2)17(23-4)16(11-13)22-3/h6-11H,5H2,1-4H3,(H,19,20). The van der Waals surface area contributed by atoms with Crippen molar-refractivity contribution in [2.75, 3.05) is 33.3 Å². The molecule has 2 rings (SSSR count). The van der Waals surface area contributed by atoms with E-state index in [1.54, 1.807) is 36.4 Å². The summed E-state index contributed by atoms with van der Waals surface area (Å²) in [7, 11) is 4.57. The van der Waals surface area contributed by atoms with Crippen LogP contribution in [0.15, 0.2) is 36.4 Å². The zero-order valence-electron chi connectivity index (χ0n) is 14.2. The molecule has 0 aromatic heterocycles. The van der Waals surface area contributed by atoms with Gasteiger partial charge in [-0.25, -0.2) is 0 Å². The van der Waals surface area contributed by atoms with Gasteiger partial charge in [-0.2, -0.15) is 0 Å². The fraction of sp³-hybridized carbons (Fsp3) is 0.278. The van der Waals surface area contributed by atoms with Crippen LogP contribution in [0.2, 0.25) is 0 Å². The molecule has 0 spiro atoms. The highest BCUT2D eigenvalue weighted by molar-refractivity contribution is 6.04. The Morgan fingerprint density at radius 2 is 1.67 bits per heavy atom. The van der Waals surface area contributed by atoms with Gasteiger partial charge in [0.15, 0.2) is 11.5 Å². The minimum Gasteiger partial charge on any atom is -0.494 e. The Morgan fingerprint density at radius 3 is 2.21 bits per heavy atom. The fourth-order valence-electron chi connectivity index (χ4n) is 2.25. The summed E-state index contributed by atoms with van der Waals surface area (Å²) in [5.41, 5.74) is 1.03. The van der Waals surface area contributed by atoms with Gasteiger partial charge in [0, 0.05) is 23.4 Å². The number of anilines is 1. The average molecular weight is 331 g/mol. The summed E-state index contributed by atoms with van der Waals surface area (Å²) in [6.45, 7) is 2.43. The van der Waals surface area contributed by atoms with Crippen molar-refractivity contribution in [2.24, 2.45) is 0 Å². The van der Waals surface area contributed by atoms with E-state index in [0.717, 1.165) is 0 Å². The van der Waals surface area contributed by atoms with Crippen LogP contribution in [0.3, 0.4) is 0 Å². The van der Waals surface area contributed by atoms with Gasteiger partial charge in [-0.15, -0.1) is 0 Å². The lowest BCUT2D eigenvalue weighted by molar-refractivity contribution is 0.102. The molecule has 0 unspecified atom stereocenters. The molecule has 1 amide bonds. The van der Waals surface area contributed by atoms with Crippen LogP contribution < -0.4 is 24.3 Å². The highest BCUT2D eigenvalue weighted by Crippen LogP contribution is 2.40. The van der Waals surface area contributed by atoms with Gasteiger partial charge in [-0.1, -0.05) is 6.07 Å². The van der Waals surface area contributed by atoms with Crippen LogP contribution in [0.1, 0.15) is 17.3 Å². The van der Waals surface area contributed by atoms with Crippen molar-refractivity contribution < 1.29 is 23.7 Å². The Balaban J connectivity index is 2.27. The van der Waals surface area contributed by atoms with Crippen molar-refractivity contribution in [3.05, 3.63) is 42.0 Å². The van der Waals surface area contributed by atoms with Crippen molar-refractivity contribution in [3.8, 4) is 23.0 Å². The predicted molar refractivity (Wildman–Crippen MR) is 91.7 cm³/mol. The van der Waals surface area contributed by atoms with Crippen molar-refractivity contribution in [1.29, 1.82) is 0 Å². The van der Waals surface area contributed by atoms with Gasteiger partial charge in [-0.3, -0.25) is 4.79 Å². The maximum Gasteiger partial charge on any atom is 0.255 e. The highest BCUT2D eigenvalue weighted by Gasteiger charge is 2.15. The zero-order chi connectivity index (χ0) is 17.5. The first-order chi connectivity index (χ1) is 11.6. The fourth-order valence-corrected chi connectivity index (χ4v) is 2.25. The molecule has 0 atom stereocenters. The van der Waals surface area contributed by atoms with Crippen LogP contribution in [0.5, 0.6) is 23.0 Å². The summed E-state index contributed by atoms with van der Waals surface area (Å²) in [4.78, 5) is 12.4. The monoisotopic (exact) mass is 331 g/mol. The van der Waals surface area contributed by atoms with Gasteiger partial charge in [-0.05, 0) is 25.1 Å². The smallest absolute Gasteiger partial charge is 0.255 e. The van der Waals surface area contributed by atoms with E-state index in [9.17, 15) is 4.79 Å². The summed E-state index contributed by atoms with van der Waals surface area (Å²) in [5, 5.41) is 2.82. The van der Waals surface area contributed by atoms with E-state index in [1.165, 1.54) is 21.3 Å². The number of hydrogen-bond acceptors (Lipinski definition) is 5. The van der Waals surface area contributed by atoms with Crippen LogP contribution in [-0.2, 0) is 0 Å². The van der Waals surface area contributed by atoms with Crippen molar-refractivity contribution in [1.82, 2.24) is 0 Å². The van der Waals surface area contributed by atoms with Gasteiger partial charge in [0.05, 0.1) is 27.9 Å². The third-order valence-corrected chi connectivity index (χ3v) is 3.33. The third-order valence-electron chi connectivity index (χ3n) is 3.33. The third kappa shape index (κ3) is 3.90. The van der Waals surface area contributed by atoms with Crippen LogP contribution in [-0.4, -0.2) is 33.8 Å². The predicted octanol–water partition coefficient (Wildman–Crippen LogP) is 3.36. The molecule has 0 fully saturated rings. The molecule has 2 aromatic rings. The minimum absolute atomic E-state index is 0.258. The molecule has 6 heteroatoms. The second kappa shape index (κ2) is 8.10. The first-order valence-corrected chi connectivity index (χ1v) is 7.47. The molecule has 0 aliphatic heterocycles. The lowest BCUT2D eigenvalue weighted by Crippen LogP contribution is -2.12. The lowest BCUT2D eigenvalue weighted by atomic mass is 10.2. The van der Waals surface area contributed by atoms with Gasteiger partial charge in [0.25, 0.3) is 5.91 Å². The lowest BCUT2D eigenvalue weighted by Gasteiger charge is -2.14. The Labute approximate surface area is 141 Å². The maximum atomic E-state index is 12.4. The van der Waals surface area contributed by atoms with Crippen molar-refractivity contribution in [3.63, 3.8) is 0 Å². The molecule has 1 N–H and O–H groups in total. The molecule has 0 bridgehead atoms. The molecular weight excluding hydrogens is 310 g/mol. The minimum atomic E-state index is -0.258. The van der Waals surface area contributed by atoms with Gasteiger partial charge < -0.3 is 24.3 Å². The molecule has 0 saturated carbocycles. The summed E-state index contributed by atoms with van der Waals surface area (Å²) < 4.78 is 21.2. The maximum absolute atomic E-state index is 12.4. The molecule has 24 heavy (non-hydrogen) atoms. The Bertz CT molecular complexity index is 689. The second-order valence-electron chi connectivity index (χ2n) is 4.83. The number of rotatable bonds is 7. The number of carbonyl (C=O) groups is 1. The van der Waals surface area contributed by atoms with Gasteiger partial charge >= 0.3 is 0 Å². The van der Waals surface area contributed by atoms with E-state index in [4.69, 9.17) is 18.9 Å². The van der Waals surface area contributed by atoms with Crippen molar-refractivity contribution in [2.45, 2.75) is 6.92 Å². The molecule has 0 aliphatic rings. The normalized spacial score (nSPS) is 10.0. The molecule has 0 heterocycles. The number of amides is 1. The Kier molecular flexibility index (Phi) is 5.89. The van der Waals surface area contributed by atoms with Gasteiger partial charge in [0.1, 0.15) is 5.75 Å². The van der Waals surface area contributed by atoms with E-state index < -0.39 is 0 Å². The van der Waals surface area contributed by atoms with Crippen LogP contribution in [0.4, 0.5) is 5.69 Å². The number of nitrogens with one attached hydrogen (secondary N) is 1. The van der Waals surface area contributed by atoms with E-state index in [1.807, 2.05) is 6.92 Å². The average Bonchev–Trinajstić information content (AvgIpc) is 2.61. The van der Waals surface area contributed by atoms with Gasteiger partial charge in [0.2, 0.25) is 5.75 Å². The van der Waals surface area contributed by atoms with Crippen LogP contribution >= 0.6 is 0 Å². The van der Waals surface area contributed by atoms with E-state index in [-0.39, 0.29) is 5.91 Å². The number of methoxy groups -OCH3 is 3. The number of benzene rings is 2. The molecule has 0 radical (unpaired) electrons. The molecule has 128 valence electrons. The molecule has 0 aliphatic carbocycles. The molecule has 6 nitrogen and oxygen atoms in total. The van der Waals surface area contributed by atoms with E-state index in [2.05, 4.69) is 5.32 Å². The Morgan fingerprint density at radius 1 is 1.00 bits per heavy atom. The number of hydrogen-bond donors (Lipinski definition) is 1. The summed E-state index contributed by atoms with van der Waals surface area (Å²) in [6.07, 6.45) is 0. The summed E-state index contributed by atoms with van der Waals surface area (Å²) in [6, 6.07) is 10.3.